The Kier molecular flexibility index (Phi) is 6.36. The van der Waals surface area contributed by atoms with Crippen molar-refractivity contribution in [3.8, 4) is 0 Å². The Morgan fingerprint density at radius 1 is 1.14 bits per heavy atom. The molecule has 0 aromatic carbocycles. The fourth-order valence-corrected chi connectivity index (χ4v) is 2.13. The molecule has 0 spiro atoms. The first-order chi connectivity index (χ1) is 6.40. The molecule has 3 nitrogen and oxygen atoms in total. The average molecular weight is 221 g/mol. The third-order valence-electron chi connectivity index (χ3n) is 2.23. The summed E-state index contributed by atoms with van der Waals surface area (Å²) in [5, 5.41) is -0.337. The van der Waals surface area contributed by atoms with Gasteiger partial charge in [-0.25, -0.2) is 13.1 Å². The van der Waals surface area contributed by atoms with Crippen molar-refractivity contribution in [3.63, 3.8) is 0 Å². The van der Waals surface area contributed by atoms with Gasteiger partial charge in [-0.05, 0) is 27.2 Å². The summed E-state index contributed by atoms with van der Waals surface area (Å²) in [6, 6.07) is 0.0638. The highest BCUT2D eigenvalue weighted by atomic mass is 32.2. The van der Waals surface area contributed by atoms with Gasteiger partial charge in [0.1, 0.15) is 0 Å². The number of nitrogens with one attached hydrogen (secondary N) is 1. The standard InChI is InChI=1S/C10H23NO2S/c1-5-6-7-8-10(4)11-14(12,13)9(2)3/h9-11H,5-8H2,1-4H3. The zero-order valence-electron chi connectivity index (χ0n) is 9.71. The maximum absolute atomic E-state index is 11.5. The van der Waals surface area contributed by atoms with Crippen molar-refractivity contribution >= 4 is 10.0 Å². The van der Waals surface area contributed by atoms with Crippen molar-refractivity contribution in [3.05, 3.63) is 0 Å². The van der Waals surface area contributed by atoms with Gasteiger partial charge in [0.05, 0.1) is 5.25 Å². The lowest BCUT2D eigenvalue weighted by Gasteiger charge is -2.15. The van der Waals surface area contributed by atoms with E-state index in [1.165, 1.54) is 12.8 Å². The molecule has 0 aromatic heterocycles. The molecule has 0 radical (unpaired) electrons. The maximum atomic E-state index is 11.5. The Balaban J connectivity index is 3.88. The van der Waals surface area contributed by atoms with Crippen LogP contribution in [0.2, 0.25) is 0 Å². The highest BCUT2D eigenvalue weighted by Gasteiger charge is 2.17. The van der Waals surface area contributed by atoms with Crippen LogP contribution in [0.25, 0.3) is 0 Å². The highest BCUT2D eigenvalue weighted by molar-refractivity contribution is 7.90. The zero-order chi connectivity index (χ0) is 11.2. The fraction of sp³-hybridized carbons (Fsp3) is 1.00. The van der Waals surface area contributed by atoms with Crippen LogP contribution in [-0.4, -0.2) is 19.7 Å². The number of rotatable bonds is 7. The Labute approximate surface area is 88.3 Å². The molecule has 0 heterocycles. The van der Waals surface area contributed by atoms with E-state index in [2.05, 4.69) is 11.6 Å². The van der Waals surface area contributed by atoms with Gasteiger partial charge in [0.25, 0.3) is 0 Å². The Bertz CT molecular complexity index is 235. The van der Waals surface area contributed by atoms with Gasteiger partial charge >= 0.3 is 0 Å². The lowest BCUT2D eigenvalue weighted by Crippen LogP contribution is -2.37. The second kappa shape index (κ2) is 6.40. The number of hydrogen-bond acceptors (Lipinski definition) is 2. The van der Waals surface area contributed by atoms with E-state index in [1.807, 2.05) is 6.92 Å². The van der Waals surface area contributed by atoms with E-state index in [1.54, 1.807) is 13.8 Å². The monoisotopic (exact) mass is 221 g/mol. The first-order valence-corrected chi connectivity index (χ1v) is 6.96. The normalized spacial score (nSPS) is 14.6. The Morgan fingerprint density at radius 2 is 1.71 bits per heavy atom. The fourth-order valence-electron chi connectivity index (χ4n) is 1.18. The molecule has 0 aliphatic rings. The summed E-state index contributed by atoms with van der Waals surface area (Å²) >= 11 is 0. The van der Waals surface area contributed by atoms with E-state index in [4.69, 9.17) is 0 Å². The van der Waals surface area contributed by atoms with Gasteiger partial charge in [0.15, 0.2) is 0 Å². The molecule has 0 aliphatic carbocycles. The maximum Gasteiger partial charge on any atom is 0.214 e. The van der Waals surface area contributed by atoms with E-state index in [0.717, 1.165) is 12.8 Å². The molecule has 0 aliphatic heterocycles. The smallest absolute Gasteiger partial charge is 0.212 e. The largest absolute Gasteiger partial charge is 0.214 e. The molecule has 0 amide bonds. The highest BCUT2D eigenvalue weighted by Crippen LogP contribution is 2.05. The first kappa shape index (κ1) is 13.9. The molecule has 0 saturated carbocycles. The average Bonchev–Trinajstić information content (AvgIpc) is 2.03. The molecule has 0 rings (SSSR count). The molecule has 0 saturated heterocycles. The van der Waals surface area contributed by atoms with Crippen LogP contribution in [0.15, 0.2) is 0 Å². The minimum absolute atomic E-state index is 0.0638. The van der Waals surface area contributed by atoms with Gasteiger partial charge in [-0.15, -0.1) is 0 Å². The summed E-state index contributed by atoms with van der Waals surface area (Å²) in [5.41, 5.74) is 0. The molecular formula is C10H23NO2S. The second-order valence-corrected chi connectivity index (χ2v) is 6.38. The summed E-state index contributed by atoms with van der Waals surface area (Å²) in [4.78, 5) is 0. The van der Waals surface area contributed by atoms with E-state index in [-0.39, 0.29) is 11.3 Å². The van der Waals surface area contributed by atoms with Crippen LogP contribution in [0, 0.1) is 0 Å². The van der Waals surface area contributed by atoms with Crippen LogP contribution in [0.5, 0.6) is 0 Å². The van der Waals surface area contributed by atoms with Crippen molar-refractivity contribution in [1.82, 2.24) is 4.72 Å². The van der Waals surface area contributed by atoms with Gasteiger partial charge in [-0.2, -0.15) is 0 Å². The molecule has 0 fully saturated rings. The zero-order valence-corrected chi connectivity index (χ0v) is 10.5. The molecule has 0 aromatic rings. The molecular weight excluding hydrogens is 198 g/mol. The second-order valence-electron chi connectivity index (χ2n) is 4.11. The van der Waals surface area contributed by atoms with E-state index in [0.29, 0.717) is 0 Å². The molecule has 1 atom stereocenters. The molecule has 0 bridgehead atoms. The van der Waals surface area contributed by atoms with E-state index in [9.17, 15) is 8.42 Å². The molecule has 4 heteroatoms. The van der Waals surface area contributed by atoms with Crippen molar-refractivity contribution in [2.45, 2.75) is 64.7 Å². The number of hydrogen-bond donors (Lipinski definition) is 1. The minimum Gasteiger partial charge on any atom is -0.212 e. The lowest BCUT2D eigenvalue weighted by atomic mass is 10.1. The van der Waals surface area contributed by atoms with Crippen LogP contribution >= 0.6 is 0 Å². The molecule has 14 heavy (non-hydrogen) atoms. The summed E-state index contributed by atoms with van der Waals surface area (Å²) in [6.07, 6.45) is 4.37. The Hall–Kier alpha value is -0.0900. The van der Waals surface area contributed by atoms with Crippen LogP contribution in [0.4, 0.5) is 0 Å². The minimum atomic E-state index is -3.08. The van der Waals surface area contributed by atoms with Crippen molar-refractivity contribution in [2.24, 2.45) is 0 Å². The van der Waals surface area contributed by atoms with E-state index >= 15 is 0 Å². The SMILES string of the molecule is CCCCCC(C)NS(=O)(=O)C(C)C. The lowest BCUT2D eigenvalue weighted by molar-refractivity contribution is 0.522. The van der Waals surface area contributed by atoms with Gasteiger partial charge in [0.2, 0.25) is 10.0 Å². The molecule has 1 unspecified atom stereocenters. The summed E-state index contributed by atoms with van der Waals surface area (Å²) in [6.45, 7) is 7.46. The van der Waals surface area contributed by atoms with Crippen LogP contribution in [0.3, 0.4) is 0 Å². The third-order valence-corrected chi connectivity index (χ3v) is 4.20. The molecule has 86 valence electrons. The third kappa shape index (κ3) is 5.60. The number of sulfonamides is 1. The van der Waals surface area contributed by atoms with E-state index < -0.39 is 10.0 Å². The van der Waals surface area contributed by atoms with Crippen molar-refractivity contribution < 1.29 is 8.42 Å². The Morgan fingerprint density at radius 3 is 2.14 bits per heavy atom. The van der Waals surface area contributed by atoms with Gasteiger partial charge in [-0.1, -0.05) is 26.2 Å². The quantitative estimate of drug-likeness (QED) is 0.670. The van der Waals surface area contributed by atoms with Gasteiger partial charge in [-0.3, -0.25) is 0 Å². The predicted molar refractivity (Wildman–Crippen MR) is 60.8 cm³/mol. The van der Waals surface area contributed by atoms with Crippen molar-refractivity contribution in [2.75, 3.05) is 0 Å². The van der Waals surface area contributed by atoms with Crippen LogP contribution in [-0.2, 0) is 10.0 Å². The summed E-state index contributed by atoms with van der Waals surface area (Å²) in [7, 11) is -3.08. The summed E-state index contributed by atoms with van der Waals surface area (Å²) in [5.74, 6) is 0. The van der Waals surface area contributed by atoms with Crippen LogP contribution in [0.1, 0.15) is 53.4 Å². The topological polar surface area (TPSA) is 46.2 Å². The predicted octanol–water partition coefficient (Wildman–Crippen LogP) is 2.28. The van der Waals surface area contributed by atoms with Gasteiger partial charge in [0, 0.05) is 6.04 Å². The summed E-state index contributed by atoms with van der Waals surface area (Å²) < 4.78 is 25.6. The van der Waals surface area contributed by atoms with Crippen molar-refractivity contribution in [1.29, 1.82) is 0 Å². The van der Waals surface area contributed by atoms with Crippen LogP contribution < -0.4 is 4.72 Å². The first-order valence-electron chi connectivity index (χ1n) is 5.41. The van der Waals surface area contributed by atoms with Gasteiger partial charge < -0.3 is 0 Å². The number of unbranched alkanes of at least 4 members (excludes halogenated alkanes) is 2. The molecule has 1 N–H and O–H groups in total.